The van der Waals surface area contributed by atoms with Crippen molar-refractivity contribution in [3.8, 4) is 11.4 Å². The average molecular weight is 429 g/mol. The quantitative estimate of drug-likeness (QED) is 0.618. The van der Waals surface area contributed by atoms with E-state index < -0.39 is 5.97 Å². The van der Waals surface area contributed by atoms with Crippen LogP contribution < -0.4 is 10.1 Å². The van der Waals surface area contributed by atoms with Crippen LogP contribution in [0.4, 0.5) is 5.69 Å². The number of methoxy groups -OCH3 is 1. The molecule has 0 aliphatic carbocycles. The summed E-state index contributed by atoms with van der Waals surface area (Å²) in [5.41, 5.74) is 1.74. The first-order valence-corrected chi connectivity index (χ1v) is 8.90. The Balaban J connectivity index is 1.80. The first-order chi connectivity index (χ1) is 13.0. The molecular formula is C20H17BrN2O4. The van der Waals surface area contributed by atoms with Crippen LogP contribution in [0.15, 0.2) is 65.3 Å². The van der Waals surface area contributed by atoms with Crippen LogP contribution in [0.2, 0.25) is 0 Å². The molecule has 7 heteroatoms. The molecule has 0 bridgehead atoms. The summed E-state index contributed by atoms with van der Waals surface area (Å²) >= 11 is 3.35. The Kier molecular flexibility index (Phi) is 5.61. The van der Waals surface area contributed by atoms with Crippen molar-refractivity contribution in [3.63, 3.8) is 0 Å². The van der Waals surface area contributed by atoms with Gasteiger partial charge in [-0.05, 0) is 48.0 Å². The molecule has 0 radical (unpaired) electrons. The molecule has 0 saturated heterocycles. The van der Waals surface area contributed by atoms with Crippen molar-refractivity contribution in [2.45, 2.75) is 6.42 Å². The van der Waals surface area contributed by atoms with Crippen molar-refractivity contribution in [1.29, 1.82) is 0 Å². The molecule has 138 valence electrons. The van der Waals surface area contributed by atoms with Crippen LogP contribution in [0.3, 0.4) is 0 Å². The number of hydrogen-bond acceptors (Lipinski definition) is 3. The Labute approximate surface area is 164 Å². The van der Waals surface area contributed by atoms with Crippen LogP contribution >= 0.6 is 15.9 Å². The second-order valence-electron chi connectivity index (χ2n) is 5.80. The number of carboxylic acid groups (broad SMARTS) is 1. The highest BCUT2D eigenvalue weighted by Gasteiger charge is 2.19. The molecule has 0 atom stereocenters. The lowest BCUT2D eigenvalue weighted by atomic mass is 10.1. The number of amides is 1. The van der Waals surface area contributed by atoms with Gasteiger partial charge in [-0.25, -0.2) is 4.79 Å². The van der Waals surface area contributed by atoms with Gasteiger partial charge in [0.05, 0.1) is 19.2 Å². The summed E-state index contributed by atoms with van der Waals surface area (Å²) in [7, 11) is 1.57. The van der Waals surface area contributed by atoms with Gasteiger partial charge in [0.1, 0.15) is 5.75 Å². The van der Waals surface area contributed by atoms with Gasteiger partial charge in [0.15, 0.2) is 5.69 Å². The van der Waals surface area contributed by atoms with Crippen molar-refractivity contribution >= 4 is 33.5 Å². The second kappa shape index (κ2) is 8.09. The van der Waals surface area contributed by atoms with Crippen LogP contribution in [0.5, 0.6) is 5.75 Å². The average Bonchev–Trinajstić information content (AvgIpc) is 3.06. The van der Waals surface area contributed by atoms with Gasteiger partial charge in [0, 0.05) is 16.4 Å². The predicted octanol–water partition coefficient (Wildman–Crippen LogP) is 4.13. The van der Waals surface area contributed by atoms with E-state index >= 15 is 0 Å². The maximum atomic E-state index is 12.4. The van der Waals surface area contributed by atoms with Gasteiger partial charge in [0.2, 0.25) is 5.91 Å². The third kappa shape index (κ3) is 4.38. The summed E-state index contributed by atoms with van der Waals surface area (Å²) in [6, 6.07) is 15.9. The summed E-state index contributed by atoms with van der Waals surface area (Å²) < 4.78 is 7.51. The number of anilines is 1. The Morgan fingerprint density at radius 3 is 2.33 bits per heavy atom. The fourth-order valence-corrected chi connectivity index (χ4v) is 2.96. The normalized spacial score (nSPS) is 10.4. The number of rotatable bonds is 6. The largest absolute Gasteiger partial charge is 0.497 e. The summed E-state index contributed by atoms with van der Waals surface area (Å²) in [5, 5.41) is 12.3. The minimum absolute atomic E-state index is 0.000373. The second-order valence-corrected chi connectivity index (χ2v) is 6.72. The van der Waals surface area contributed by atoms with E-state index in [1.54, 1.807) is 55.8 Å². The molecule has 27 heavy (non-hydrogen) atoms. The Morgan fingerprint density at radius 1 is 1.07 bits per heavy atom. The highest BCUT2D eigenvalue weighted by molar-refractivity contribution is 9.10. The highest BCUT2D eigenvalue weighted by atomic mass is 79.9. The molecule has 0 unspecified atom stereocenters. The molecule has 3 rings (SSSR count). The zero-order valence-electron chi connectivity index (χ0n) is 14.5. The fourth-order valence-electron chi connectivity index (χ4n) is 2.69. The summed E-state index contributed by atoms with van der Waals surface area (Å²) in [5.74, 6) is -0.710. The van der Waals surface area contributed by atoms with E-state index in [0.717, 1.165) is 10.0 Å². The number of nitrogens with one attached hydrogen (secondary N) is 1. The number of benzene rings is 2. The van der Waals surface area contributed by atoms with Crippen molar-refractivity contribution < 1.29 is 19.4 Å². The monoisotopic (exact) mass is 428 g/mol. The van der Waals surface area contributed by atoms with Crippen molar-refractivity contribution in [1.82, 2.24) is 4.57 Å². The van der Waals surface area contributed by atoms with Crippen molar-refractivity contribution in [3.05, 3.63) is 76.5 Å². The smallest absolute Gasteiger partial charge is 0.355 e. The Morgan fingerprint density at radius 2 is 1.74 bits per heavy atom. The number of ether oxygens (including phenoxy) is 1. The van der Waals surface area contributed by atoms with Gasteiger partial charge < -0.3 is 19.7 Å². The minimum atomic E-state index is -1.12. The third-order valence-corrected chi connectivity index (χ3v) is 4.52. The maximum Gasteiger partial charge on any atom is 0.355 e. The number of carbonyl (C=O) groups excluding carboxylic acids is 1. The number of nitrogens with zero attached hydrogens (tertiary/aromatic N) is 1. The van der Waals surface area contributed by atoms with Crippen LogP contribution in [0, 0.1) is 0 Å². The molecule has 0 spiro atoms. The number of carbonyl (C=O) groups is 2. The molecule has 1 heterocycles. The van der Waals surface area contributed by atoms with E-state index in [0.29, 0.717) is 11.4 Å². The summed E-state index contributed by atoms with van der Waals surface area (Å²) in [4.78, 5) is 24.1. The first kappa shape index (κ1) is 18.7. The molecule has 0 saturated carbocycles. The lowest BCUT2D eigenvalue weighted by Gasteiger charge is -2.09. The van der Waals surface area contributed by atoms with Gasteiger partial charge >= 0.3 is 5.97 Å². The molecule has 1 amide bonds. The minimum Gasteiger partial charge on any atom is -0.497 e. The zero-order chi connectivity index (χ0) is 19.4. The number of aromatic carboxylic acids is 1. The SMILES string of the molecule is COc1ccc(CC(=O)Nc2ccn(-c3ccc(Br)cc3)c2C(=O)O)cc1. The van der Waals surface area contributed by atoms with E-state index in [2.05, 4.69) is 21.2 Å². The van der Waals surface area contributed by atoms with E-state index in [-0.39, 0.29) is 23.7 Å². The third-order valence-electron chi connectivity index (χ3n) is 3.99. The predicted molar refractivity (Wildman–Crippen MR) is 106 cm³/mol. The van der Waals surface area contributed by atoms with Crippen LogP contribution in [-0.2, 0) is 11.2 Å². The van der Waals surface area contributed by atoms with Crippen molar-refractivity contribution in [2.24, 2.45) is 0 Å². The van der Waals surface area contributed by atoms with Gasteiger partial charge in [-0.1, -0.05) is 28.1 Å². The van der Waals surface area contributed by atoms with Crippen molar-refractivity contribution in [2.75, 3.05) is 12.4 Å². The van der Waals surface area contributed by atoms with E-state index in [4.69, 9.17) is 4.74 Å². The maximum absolute atomic E-state index is 12.4. The Hall–Kier alpha value is -3.06. The number of hydrogen-bond donors (Lipinski definition) is 2. The Bertz CT molecular complexity index is 963. The molecule has 0 aliphatic heterocycles. The van der Waals surface area contributed by atoms with Crippen LogP contribution in [0.1, 0.15) is 16.1 Å². The summed E-state index contributed by atoms with van der Waals surface area (Å²) in [6.45, 7) is 0. The molecule has 1 aromatic heterocycles. The number of halogens is 1. The topological polar surface area (TPSA) is 80.6 Å². The number of aromatic nitrogens is 1. The molecule has 6 nitrogen and oxygen atoms in total. The fraction of sp³-hybridized carbons (Fsp3) is 0.100. The lowest BCUT2D eigenvalue weighted by Crippen LogP contribution is -2.17. The molecule has 0 fully saturated rings. The van der Waals surface area contributed by atoms with E-state index in [1.807, 2.05) is 12.1 Å². The van der Waals surface area contributed by atoms with Gasteiger partial charge in [-0.2, -0.15) is 0 Å². The molecule has 2 N–H and O–H groups in total. The molecule has 2 aromatic carbocycles. The number of carboxylic acids is 1. The molecule has 0 aliphatic rings. The van der Waals surface area contributed by atoms with Crippen LogP contribution in [-0.4, -0.2) is 28.7 Å². The van der Waals surface area contributed by atoms with Gasteiger partial charge in [0.25, 0.3) is 0 Å². The van der Waals surface area contributed by atoms with Gasteiger partial charge in [-0.3, -0.25) is 4.79 Å². The van der Waals surface area contributed by atoms with E-state index in [9.17, 15) is 14.7 Å². The van der Waals surface area contributed by atoms with E-state index in [1.165, 1.54) is 4.57 Å². The molecule has 3 aromatic rings. The highest BCUT2D eigenvalue weighted by Crippen LogP contribution is 2.23. The van der Waals surface area contributed by atoms with Gasteiger partial charge in [-0.15, -0.1) is 0 Å². The standard InChI is InChI=1S/C20H17BrN2O4/c1-27-16-8-2-13(3-9-16)12-18(24)22-17-10-11-23(19(17)20(25)26)15-6-4-14(21)5-7-15/h2-11H,12H2,1H3,(H,22,24)(H,25,26). The first-order valence-electron chi connectivity index (χ1n) is 8.11. The molecular weight excluding hydrogens is 412 g/mol. The zero-order valence-corrected chi connectivity index (χ0v) is 16.1. The lowest BCUT2D eigenvalue weighted by molar-refractivity contribution is -0.115. The van der Waals surface area contributed by atoms with Crippen LogP contribution in [0.25, 0.3) is 5.69 Å². The summed E-state index contributed by atoms with van der Waals surface area (Å²) in [6.07, 6.45) is 1.75.